The molecule has 3 rings (SSSR count). The molecular weight excluding hydrogens is 407 g/mol. The molecule has 3 aromatic rings. The van der Waals surface area contributed by atoms with Crippen LogP contribution in [0.3, 0.4) is 0 Å². The Morgan fingerprint density at radius 3 is 2.78 bits per heavy atom. The van der Waals surface area contributed by atoms with E-state index in [1.807, 2.05) is 53.2 Å². The number of carbonyl (C=O) groups is 1. The number of benzene rings is 1. The molecular formula is C16H13IN4O2. The Kier molecular flexibility index (Phi) is 4.56. The van der Waals surface area contributed by atoms with Gasteiger partial charge in [-0.2, -0.15) is 5.10 Å². The number of methoxy groups -OCH3 is 1. The van der Waals surface area contributed by atoms with Crippen molar-refractivity contribution >= 4 is 46.1 Å². The molecule has 0 saturated carbocycles. The maximum atomic E-state index is 10.9. The van der Waals surface area contributed by atoms with Gasteiger partial charge in [-0.15, -0.1) is 0 Å². The standard InChI is InChI=1S/C16H13IN4O2/c1-23-16(22)8-18-20-13-5-2-11(3-6-13)14-10-21-9-12(17)4-7-15(21)19-14/h2-10,20H,1H3. The van der Waals surface area contributed by atoms with Crippen LogP contribution >= 0.6 is 22.6 Å². The molecule has 2 aromatic heterocycles. The fourth-order valence-electron chi connectivity index (χ4n) is 2.03. The van der Waals surface area contributed by atoms with Gasteiger partial charge in [0.2, 0.25) is 0 Å². The summed E-state index contributed by atoms with van der Waals surface area (Å²) in [7, 11) is 1.30. The van der Waals surface area contributed by atoms with Crippen molar-refractivity contribution in [3.05, 3.63) is 52.4 Å². The number of ether oxygens (including phenoxy) is 1. The normalized spacial score (nSPS) is 11.0. The number of hydrogen-bond acceptors (Lipinski definition) is 5. The highest BCUT2D eigenvalue weighted by Gasteiger charge is 2.04. The van der Waals surface area contributed by atoms with Gasteiger partial charge in [-0.1, -0.05) is 12.1 Å². The van der Waals surface area contributed by atoms with Crippen molar-refractivity contribution < 1.29 is 9.53 Å². The molecule has 7 heteroatoms. The summed E-state index contributed by atoms with van der Waals surface area (Å²) in [4.78, 5) is 15.5. The van der Waals surface area contributed by atoms with Gasteiger partial charge in [-0.05, 0) is 46.9 Å². The van der Waals surface area contributed by atoms with E-state index < -0.39 is 5.97 Å². The number of nitrogens with one attached hydrogen (secondary N) is 1. The third-order valence-corrected chi connectivity index (χ3v) is 3.80. The monoisotopic (exact) mass is 420 g/mol. The van der Waals surface area contributed by atoms with E-state index in [1.54, 1.807) is 0 Å². The fraction of sp³-hybridized carbons (Fsp3) is 0.0625. The van der Waals surface area contributed by atoms with Gasteiger partial charge in [-0.3, -0.25) is 5.43 Å². The van der Waals surface area contributed by atoms with Gasteiger partial charge in [0.1, 0.15) is 11.9 Å². The number of anilines is 1. The number of nitrogens with zero attached hydrogens (tertiary/aromatic N) is 3. The lowest BCUT2D eigenvalue weighted by Crippen LogP contribution is -2.02. The number of carbonyl (C=O) groups excluding carboxylic acids is 1. The SMILES string of the molecule is COC(=O)C=NNc1ccc(-c2cn3cc(I)ccc3n2)cc1. The lowest BCUT2D eigenvalue weighted by molar-refractivity contribution is -0.132. The average molecular weight is 420 g/mol. The number of aromatic nitrogens is 2. The van der Waals surface area contributed by atoms with Crippen LogP contribution in [0.4, 0.5) is 5.69 Å². The van der Waals surface area contributed by atoms with Gasteiger partial charge in [-0.25, -0.2) is 9.78 Å². The number of hydrazone groups is 1. The Labute approximate surface area is 146 Å². The number of hydrogen-bond donors (Lipinski definition) is 1. The Bertz CT molecular complexity index is 871. The molecule has 0 spiro atoms. The third kappa shape index (κ3) is 3.67. The number of fused-ring (bicyclic) bond motifs is 1. The van der Waals surface area contributed by atoms with Crippen molar-refractivity contribution in [2.75, 3.05) is 12.5 Å². The topological polar surface area (TPSA) is 68.0 Å². The summed E-state index contributed by atoms with van der Waals surface area (Å²) in [6.07, 6.45) is 5.11. The summed E-state index contributed by atoms with van der Waals surface area (Å²) in [6.45, 7) is 0. The number of halogens is 1. The second-order valence-corrected chi connectivity index (χ2v) is 5.96. The quantitative estimate of drug-likeness (QED) is 0.305. The molecule has 0 aliphatic heterocycles. The Morgan fingerprint density at radius 2 is 2.04 bits per heavy atom. The van der Waals surface area contributed by atoms with Crippen LogP contribution in [0.25, 0.3) is 16.9 Å². The van der Waals surface area contributed by atoms with Crippen molar-refractivity contribution in [1.29, 1.82) is 0 Å². The molecule has 2 heterocycles. The maximum Gasteiger partial charge on any atom is 0.350 e. The minimum atomic E-state index is -0.506. The Hall–Kier alpha value is -2.42. The average Bonchev–Trinajstić information content (AvgIpc) is 2.98. The Morgan fingerprint density at radius 1 is 1.26 bits per heavy atom. The lowest BCUT2D eigenvalue weighted by Gasteiger charge is -2.01. The zero-order valence-corrected chi connectivity index (χ0v) is 14.4. The lowest BCUT2D eigenvalue weighted by atomic mass is 10.1. The van der Waals surface area contributed by atoms with Crippen molar-refractivity contribution in [2.45, 2.75) is 0 Å². The van der Waals surface area contributed by atoms with E-state index in [2.05, 4.69) is 42.8 Å². The van der Waals surface area contributed by atoms with E-state index in [-0.39, 0.29) is 0 Å². The van der Waals surface area contributed by atoms with E-state index in [9.17, 15) is 4.79 Å². The van der Waals surface area contributed by atoms with Crippen LogP contribution in [0, 0.1) is 3.57 Å². The molecule has 0 atom stereocenters. The largest absolute Gasteiger partial charge is 0.465 e. The molecule has 0 aliphatic rings. The van der Waals surface area contributed by atoms with E-state index in [4.69, 9.17) is 0 Å². The van der Waals surface area contributed by atoms with Crippen LogP contribution in [0.2, 0.25) is 0 Å². The highest BCUT2D eigenvalue weighted by atomic mass is 127. The first kappa shape index (κ1) is 15.5. The molecule has 0 saturated heterocycles. The van der Waals surface area contributed by atoms with E-state index in [0.29, 0.717) is 0 Å². The summed E-state index contributed by atoms with van der Waals surface area (Å²) in [5, 5.41) is 3.79. The van der Waals surface area contributed by atoms with Gasteiger partial charge < -0.3 is 9.14 Å². The zero-order chi connectivity index (χ0) is 16.2. The van der Waals surface area contributed by atoms with Gasteiger partial charge in [0.25, 0.3) is 0 Å². The molecule has 0 bridgehead atoms. The molecule has 1 aromatic carbocycles. The summed E-state index contributed by atoms with van der Waals surface area (Å²) in [6, 6.07) is 11.7. The van der Waals surface area contributed by atoms with Gasteiger partial charge in [0.05, 0.1) is 18.5 Å². The summed E-state index contributed by atoms with van der Waals surface area (Å²) in [5.41, 5.74) is 6.35. The first-order chi connectivity index (χ1) is 11.2. The number of imidazole rings is 1. The first-order valence-corrected chi connectivity index (χ1v) is 7.85. The van der Waals surface area contributed by atoms with Gasteiger partial charge >= 0.3 is 5.97 Å². The van der Waals surface area contributed by atoms with Crippen LogP contribution in [0.15, 0.2) is 53.9 Å². The molecule has 1 N–H and O–H groups in total. The van der Waals surface area contributed by atoms with Gasteiger partial charge in [0, 0.05) is 21.5 Å². The van der Waals surface area contributed by atoms with Crippen LogP contribution in [-0.4, -0.2) is 28.7 Å². The molecule has 0 unspecified atom stereocenters. The van der Waals surface area contributed by atoms with Gasteiger partial charge in [0.15, 0.2) is 0 Å². The number of pyridine rings is 1. The first-order valence-electron chi connectivity index (χ1n) is 6.77. The molecule has 0 radical (unpaired) electrons. The minimum Gasteiger partial charge on any atom is -0.465 e. The number of rotatable bonds is 4. The highest BCUT2D eigenvalue weighted by molar-refractivity contribution is 14.1. The van der Waals surface area contributed by atoms with E-state index >= 15 is 0 Å². The van der Waals surface area contributed by atoms with Crippen molar-refractivity contribution in [2.24, 2.45) is 5.10 Å². The second-order valence-electron chi connectivity index (χ2n) is 4.71. The van der Waals surface area contributed by atoms with Crippen molar-refractivity contribution in [1.82, 2.24) is 9.38 Å². The Balaban J connectivity index is 1.78. The predicted molar refractivity (Wildman–Crippen MR) is 97.5 cm³/mol. The second kappa shape index (κ2) is 6.78. The van der Waals surface area contributed by atoms with Crippen LogP contribution in [0.1, 0.15) is 0 Å². The summed E-state index contributed by atoms with van der Waals surface area (Å²) < 4.78 is 7.62. The zero-order valence-electron chi connectivity index (χ0n) is 12.2. The van der Waals surface area contributed by atoms with Crippen molar-refractivity contribution in [3.63, 3.8) is 0 Å². The predicted octanol–water partition coefficient (Wildman–Crippen LogP) is 3.18. The van der Waals surface area contributed by atoms with Crippen LogP contribution < -0.4 is 5.43 Å². The third-order valence-electron chi connectivity index (χ3n) is 3.16. The summed E-state index contributed by atoms with van der Waals surface area (Å²) in [5.74, 6) is -0.506. The van der Waals surface area contributed by atoms with E-state index in [0.717, 1.165) is 32.4 Å². The smallest absolute Gasteiger partial charge is 0.350 e. The highest BCUT2D eigenvalue weighted by Crippen LogP contribution is 2.21. The fourth-order valence-corrected chi connectivity index (χ4v) is 2.51. The molecule has 0 aliphatic carbocycles. The molecule has 6 nitrogen and oxygen atoms in total. The minimum absolute atomic E-state index is 0.506. The van der Waals surface area contributed by atoms with Crippen LogP contribution in [0.5, 0.6) is 0 Å². The number of esters is 1. The molecule has 0 fully saturated rings. The van der Waals surface area contributed by atoms with E-state index in [1.165, 1.54) is 7.11 Å². The molecule has 0 amide bonds. The van der Waals surface area contributed by atoms with Crippen LogP contribution in [-0.2, 0) is 9.53 Å². The molecule has 116 valence electrons. The maximum absolute atomic E-state index is 10.9. The van der Waals surface area contributed by atoms with Crippen molar-refractivity contribution in [3.8, 4) is 11.3 Å². The summed E-state index contributed by atoms with van der Waals surface area (Å²) >= 11 is 2.27. The molecule has 23 heavy (non-hydrogen) atoms.